The zero-order valence-electron chi connectivity index (χ0n) is 3.74. The molecule has 0 heterocycles. The molecule has 2 heteroatoms. The molecular weight excluding hydrogens is 144 g/mol. The standard InChI is InChI=1S/C5H5.Cr.H2S/c1-3-5-4-2;;/h1-5H;;1H2/q-1;;/p-1/b5-3-;;. The van der Waals surface area contributed by atoms with Crippen molar-refractivity contribution in [2.75, 3.05) is 0 Å². The quantitative estimate of drug-likeness (QED) is 0.240. The summed E-state index contributed by atoms with van der Waals surface area (Å²) in [7, 11) is 0. The fraction of sp³-hybridized carbons (Fsp3) is 0. The van der Waals surface area contributed by atoms with Gasteiger partial charge in [0.1, 0.15) is 0 Å². The maximum atomic E-state index is 4.97. The molecule has 0 amide bonds. The average Bonchev–Trinajstić information content (AvgIpc) is 1.61. The zero-order chi connectivity index (χ0) is 4.83. The summed E-state index contributed by atoms with van der Waals surface area (Å²) in [6, 6.07) is 0. The van der Waals surface area contributed by atoms with Crippen molar-refractivity contribution in [2.45, 2.75) is 0 Å². The Balaban J connectivity index is 0. The van der Waals surface area contributed by atoms with Crippen LogP contribution in [0, 0.1) is 6.58 Å². The first-order valence-corrected chi connectivity index (χ1v) is 2.31. The molecule has 0 rings (SSSR count). The Labute approximate surface area is 59.3 Å². The molecule has 7 heavy (non-hydrogen) atoms. The summed E-state index contributed by atoms with van der Waals surface area (Å²) in [5.41, 5.74) is 0. The van der Waals surface area contributed by atoms with Crippen LogP contribution >= 0.6 is 0 Å². The van der Waals surface area contributed by atoms with Crippen molar-refractivity contribution in [2.24, 2.45) is 0 Å². The summed E-state index contributed by atoms with van der Waals surface area (Å²) in [6.45, 7) is 4.97. The van der Waals surface area contributed by atoms with Gasteiger partial charge in [0.05, 0.1) is 0 Å². The summed E-state index contributed by atoms with van der Waals surface area (Å²) in [6.07, 6.45) is 5.05. The van der Waals surface area contributed by atoms with Gasteiger partial charge in [-0.1, -0.05) is 0 Å². The fourth-order valence-electron chi connectivity index (χ4n) is 0.110. The van der Waals surface area contributed by atoms with Gasteiger partial charge < -0.3 is 13.5 Å². The molecule has 0 saturated carbocycles. The van der Waals surface area contributed by atoms with Crippen molar-refractivity contribution in [3.63, 3.8) is 0 Å². The number of thiol groups is 1. The minimum absolute atomic E-state index is 0. The Morgan fingerprint density at radius 2 is 1.86 bits per heavy atom. The Hall–Kier alpha value is 0.232. The molecule has 0 aromatic carbocycles. The molecule has 40 valence electrons. The summed E-state index contributed by atoms with van der Waals surface area (Å²) in [4.78, 5) is 1.80. The van der Waals surface area contributed by atoms with E-state index in [-0.39, 0.29) is 13.5 Å². The van der Waals surface area contributed by atoms with E-state index in [1.807, 2.05) is 6.08 Å². The van der Waals surface area contributed by atoms with Crippen molar-refractivity contribution in [1.29, 1.82) is 0 Å². The van der Waals surface area contributed by atoms with Crippen molar-refractivity contribution >= 4 is 18.4 Å². The first-order chi connectivity index (χ1) is 2.91. The van der Waals surface area contributed by atoms with Crippen LogP contribution in [0.2, 0.25) is 0 Å². The summed E-state index contributed by atoms with van der Waals surface area (Å²) >= 11 is 2.69. The molecule has 0 aliphatic rings. The largest absolute Gasteiger partial charge is 0.813 e. The van der Waals surface area contributed by atoms with Crippen LogP contribution in [0.4, 0.5) is 0 Å². The molecule has 0 saturated heterocycles. The molecule has 0 unspecified atom stereocenters. The van der Waals surface area contributed by atoms with Gasteiger partial charge in [-0.3, -0.25) is 0 Å². The first-order valence-electron chi connectivity index (χ1n) is 1.57. The fourth-order valence-corrected chi connectivity index (χ4v) is 0.251. The number of hydrogen-bond donors (Lipinski definition) is 0. The van der Waals surface area contributed by atoms with Gasteiger partial charge >= 0.3 is 45.5 Å². The van der Waals surface area contributed by atoms with Gasteiger partial charge in [-0.05, 0) is 0 Å². The number of allylic oxidation sites excluding steroid dienone is 3. The molecule has 0 N–H and O–H groups in total. The second-order valence-corrected chi connectivity index (χ2v) is 1.14. The van der Waals surface area contributed by atoms with Crippen LogP contribution in [0.25, 0.3) is 0 Å². The van der Waals surface area contributed by atoms with Crippen LogP contribution in [0.3, 0.4) is 0 Å². The molecular formula is C5H6CrS-2. The molecule has 0 aromatic rings. The number of rotatable bonds is 2. The topological polar surface area (TPSA) is 0 Å². The summed E-state index contributed by atoms with van der Waals surface area (Å²) in [5, 5.41) is 0. The Kier molecular flexibility index (Phi) is 14.0. The van der Waals surface area contributed by atoms with Crippen LogP contribution in [-0.2, 0) is 29.3 Å². The van der Waals surface area contributed by atoms with E-state index in [1.165, 1.54) is 6.08 Å². The monoisotopic (exact) mass is 150 g/mol. The van der Waals surface area contributed by atoms with Gasteiger partial charge in [0.15, 0.2) is 0 Å². The van der Waals surface area contributed by atoms with E-state index in [9.17, 15) is 0 Å². The predicted molar refractivity (Wildman–Crippen MR) is 32.8 cm³/mol. The van der Waals surface area contributed by atoms with Crippen LogP contribution in [0.15, 0.2) is 18.2 Å². The molecule has 0 fully saturated rings. The normalized spacial score (nSPS) is 7.43. The Morgan fingerprint density at radius 3 is 2.00 bits per heavy atom. The molecule has 0 aliphatic heterocycles. The van der Waals surface area contributed by atoms with Crippen molar-refractivity contribution in [3.05, 3.63) is 24.8 Å². The van der Waals surface area contributed by atoms with E-state index < -0.39 is 0 Å². The van der Waals surface area contributed by atoms with E-state index in [2.05, 4.69) is 15.9 Å². The Bertz CT molecular complexity index is 66.1. The molecule has 0 bridgehead atoms. The molecule has 0 atom stereocenters. The summed E-state index contributed by atoms with van der Waals surface area (Å²) in [5.74, 6) is 0. The van der Waals surface area contributed by atoms with Crippen molar-refractivity contribution in [3.8, 4) is 0 Å². The molecule has 0 radical (unpaired) electrons. The summed E-state index contributed by atoms with van der Waals surface area (Å²) < 4.78 is 0. The van der Waals surface area contributed by atoms with Crippen LogP contribution in [-0.4, -0.2) is 4.88 Å². The van der Waals surface area contributed by atoms with Crippen molar-refractivity contribution in [1.82, 2.24) is 0 Å². The third-order valence-electron chi connectivity index (χ3n) is 0.301. The number of hydrogen-bond acceptors (Lipinski definition) is 1. The second kappa shape index (κ2) is 9.53. The minimum Gasteiger partial charge on any atom is -0.813 e. The molecule has 0 spiro atoms. The van der Waals surface area contributed by atoms with Crippen LogP contribution < -0.4 is 0 Å². The third kappa shape index (κ3) is 10.7. The van der Waals surface area contributed by atoms with Gasteiger partial charge in [-0.2, -0.15) is 0 Å². The SMILES string of the molecule is [CH-]=C/C=C\[CH]=[Cr].[SH-]. The van der Waals surface area contributed by atoms with E-state index in [0.717, 1.165) is 0 Å². The maximum absolute atomic E-state index is 4.97. The zero-order valence-corrected chi connectivity index (χ0v) is 5.91. The van der Waals surface area contributed by atoms with E-state index in [4.69, 9.17) is 6.58 Å². The third-order valence-corrected chi connectivity index (χ3v) is 0.546. The maximum Gasteiger partial charge on any atom is -0.813 e. The second-order valence-electron chi connectivity index (χ2n) is 0.713. The van der Waals surface area contributed by atoms with E-state index in [1.54, 1.807) is 11.0 Å². The van der Waals surface area contributed by atoms with Gasteiger partial charge in [0.25, 0.3) is 0 Å². The van der Waals surface area contributed by atoms with Gasteiger partial charge in [-0.15, -0.1) is 0 Å². The molecule has 0 aliphatic carbocycles. The van der Waals surface area contributed by atoms with E-state index in [0.29, 0.717) is 0 Å². The average molecular weight is 150 g/mol. The van der Waals surface area contributed by atoms with E-state index >= 15 is 0 Å². The first kappa shape index (κ1) is 10.3. The van der Waals surface area contributed by atoms with Crippen LogP contribution in [0.5, 0.6) is 0 Å². The predicted octanol–water partition coefficient (Wildman–Crippen LogP) is 0.611. The van der Waals surface area contributed by atoms with Gasteiger partial charge in [0, 0.05) is 0 Å². The van der Waals surface area contributed by atoms with Crippen molar-refractivity contribution < 1.29 is 15.9 Å². The molecule has 0 aromatic heterocycles. The van der Waals surface area contributed by atoms with Gasteiger partial charge in [0.2, 0.25) is 0 Å². The molecule has 0 nitrogen and oxygen atoms in total. The smallest absolute Gasteiger partial charge is 0.813 e. The van der Waals surface area contributed by atoms with Gasteiger partial charge in [-0.25, -0.2) is 0 Å². The minimum atomic E-state index is 0. The Morgan fingerprint density at radius 1 is 1.29 bits per heavy atom. The van der Waals surface area contributed by atoms with Crippen LogP contribution in [0.1, 0.15) is 0 Å².